The number of aromatic nitrogens is 2. The molecule has 2 aliphatic rings. The summed E-state index contributed by atoms with van der Waals surface area (Å²) < 4.78 is 12.7. The Morgan fingerprint density at radius 2 is 1.93 bits per heavy atom. The molecule has 10 heteroatoms. The first-order valence-corrected chi connectivity index (χ1v) is 14.7. The van der Waals surface area contributed by atoms with Gasteiger partial charge in [0.05, 0.1) is 29.1 Å². The van der Waals surface area contributed by atoms with E-state index in [2.05, 4.69) is 15.2 Å². The SMILES string of the molecule is COCc1ncccc1CN(CCn1ccc2oc(C)cc2c1=O)Cc1ccc2c(c1)NC(=O)C(C)(C)C(=O)N2C1CC1. The number of fused-ring (bicyclic) bond motifs is 2. The van der Waals surface area contributed by atoms with Gasteiger partial charge in [0.25, 0.3) is 5.56 Å². The van der Waals surface area contributed by atoms with E-state index in [-0.39, 0.29) is 23.4 Å². The molecule has 1 aliphatic carbocycles. The van der Waals surface area contributed by atoms with E-state index in [1.807, 2.05) is 48.2 Å². The van der Waals surface area contributed by atoms with Crippen LogP contribution in [-0.2, 0) is 40.6 Å². The second-order valence-electron chi connectivity index (χ2n) is 12.0. The van der Waals surface area contributed by atoms with E-state index < -0.39 is 5.41 Å². The van der Waals surface area contributed by atoms with Gasteiger partial charge in [-0.25, -0.2) is 0 Å². The number of carbonyl (C=O) groups excluding carboxylic acids is 2. The van der Waals surface area contributed by atoms with Crippen molar-refractivity contribution in [1.82, 2.24) is 14.5 Å². The van der Waals surface area contributed by atoms with Crippen molar-refractivity contribution in [2.75, 3.05) is 23.9 Å². The number of carbonyl (C=O) groups is 2. The summed E-state index contributed by atoms with van der Waals surface area (Å²) in [6, 6.07) is 13.6. The van der Waals surface area contributed by atoms with Crippen molar-refractivity contribution in [1.29, 1.82) is 0 Å². The van der Waals surface area contributed by atoms with Crippen LogP contribution in [0.1, 0.15) is 49.3 Å². The Labute approximate surface area is 250 Å². The van der Waals surface area contributed by atoms with Gasteiger partial charge in [-0.1, -0.05) is 12.1 Å². The molecule has 1 aliphatic heterocycles. The number of aryl methyl sites for hydroxylation is 1. The van der Waals surface area contributed by atoms with Crippen LogP contribution in [0.2, 0.25) is 0 Å². The second kappa shape index (κ2) is 11.4. The van der Waals surface area contributed by atoms with Gasteiger partial charge >= 0.3 is 0 Å². The van der Waals surface area contributed by atoms with E-state index in [1.54, 1.807) is 44.0 Å². The van der Waals surface area contributed by atoms with E-state index in [0.717, 1.165) is 35.3 Å². The van der Waals surface area contributed by atoms with Crippen molar-refractivity contribution in [2.45, 2.75) is 65.9 Å². The highest BCUT2D eigenvalue weighted by molar-refractivity contribution is 6.19. The van der Waals surface area contributed by atoms with Crippen LogP contribution >= 0.6 is 0 Å². The number of hydrogen-bond donors (Lipinski definition) is 1. The van der Waals surface area contributed by atoms with Crippen molar-refractivity contribution < 1.29 is 18.7 Å². The Kier molecular flexibility index (Phi) is 7.66. The molecule has 3 aromatic heterocycles. The fraction of sp³-hybridized carbons (Fsp3) is 0.394. The average molecular weight is 584 g/mol. The van der Waals surface area contributed by atoms with Gasteiger partial charge in [0.2, 0.25) is 11.8 Å². The zero-order valence-electron chi connectivity index (χ0n) is 25.1. The molecule has 1 fully saturated rings. The van der Waals surface area contributed by atoms with E-state index in [9.17, 15) is 14.4 Å². The smallest absolute Gasteiger partial charge is 0.261 e. The number of nitrogens with one attached hydrogen (secondary N) is 1. The molecule has 224 valence electrons. The van der Waals surface area contributed by atoms with E-state index in [0.29, 0.717) is 55.2 Å². The number of pyridine rings is 2. The number of anilines is 2. The van der Waals surface area contributed by atoms with Gasteiger partial charge in [0.15, 0.2) is 0 Å². The minimum Gasteiger partial charge on any atom is -0.461 e. The lowest BCUT2D eigenvalue weighted by molar-refractivity contribution is -0.136. The zero-order valence-corrected chi connectivity index (χ0v) is 25.1. The second-order valence-corrected chi connectivity index (χ2v) is 12.0. The minimum absolute atomic E-state index is 0.0871. The Morgan fingerprint density at radius 3 is 2.70 bits per heavy atom. The molecule has 0 bridgehead atoms. The highest BCUT2D eigenvalue weighted by Crippen LogP contribution is 2.42. The van der Waals surface area contributed by atoms with Crippen molar-refractivity contribution in [3.8, 4) is 0 Å². The summed E-state index contributed by atoms with van der Waals surface area (Å²) in [5.41, 5.74) is 3.60. The van der Waals surface area contributed by atoms with Gasteiger partial charge in [-0.15, -0.1) is 0 Å². The first-order chi connectivity index (χ1) is 20.7. The number of methoxy groups -OCH3 is 1. The maximum atomic E-state index is 13.4. The Balaban J connectivity index is 1.30. The highest BCUT2D eigenvalue weighted by atomic mass is 16.5. The summed E-state index contributed by atoms with van der Waals surface area (Å²) in [5.74, 6) is 0.229. The van der Waals surface area contributed by atoms with Gasteiger partial charge in [-0.2, -0.15) is 0 Å². The zero-order chi connectivity index (χ0) is 30.3. The lowest BCUT2D eigenvalue weighted by Gasteiger charge is -2.28. The number of nitrogens with zero attached hydrogens (tertiary/aromatic N) is 4. The molecule has 1 saturated carbocycles. The standard InChI is InChI=1S/C33H37N5O5/c1-21-16-25-29(43-21)11-13-37(30(25)39)15-14-36(19-23-6-5-12-34-27(23)20-42-4)18-22-7-10-28-26(17-22)35-31(40)33(2,3)32(41)38(28)24-8-9-24/h5-7,10-13,16-17,24H,8-9,14-15,18-20H2,1-4H3,(H,35,40). The number of hydrogen-bond acceptors (Lipinski definition) is 7. The number of furan rings is 1. The molecule has 0 radical (unpaired) electrons. The van der Waals surface area contributed by atoms with Gasteiger partial charge in [-0.3, -0.25) is 24.3 Å². The predicted molar refractivity (Wildman–Crippen MR) is 164 cm³/mol. The Morgan fingerprint density at radius 1 is 1.12 bits per heavy atom. The number of benzene rings is 1. The summed E-state index contributed by atoms with van der Waals surface area (Å²) in [7, 11) is 1.65. The van der Waals surface area contributed by atoms with Crippen LogP contribution in [0.4, 0.5) is 11.4 Å². The predicted octanol–water partition coefficient (Wildman–Crippen LogP) is 4.62. The molecule has 0 unspecified atom stereocenters. The van der Waals surface area contributed by atoms with Gasteiger partial charge in [0, 0.05) is 51.7 Å². The van der Waals surface area contributed by atoms with Crippen LogP contribution in [0.5, 0.6) is 0 Å². The molecule has 0 saturated heterocycles. The van der Waals surface area contributed by atoms with Crippen molar-refractivity contribution in [3.05, 3.63) is 87.8 Å². The summed E-state index contributed by atoms with van der Waals surface area (Å²) >= 11 is 0. The van der Waals surface area contributed by atoms with Gasteiger partial charge in [-0.05, 0) is 75.1 Å². The fourth-order valence-electron chi connectivity index (χ4n) is 5.70. The summed E-state index contributed by atoms with van der Waals surface area (Å²) in [4.78, 5) is 48.3. The van der Waals surface area contributed by atoms with Crippen LogP contribution in [0, 0.1) is 12.3 Å². The largest absolute Gasteiger partial charge is 0.461 e. The van der Waals surface area contributed by atoms with Gasteiger partial charge < -0.3 is 23.9 Å². The van der Waals surface area contributed by atoms with Crippen molar-refractivity contribution in [3.63, 3.8) is 0 Å². The summed E-state index contributed by atoms with van der Waals surface area (Å²) in [5, 5.41) is 3.60. The molecule has 0 atom stereocenters. The third-order valence-electron chi connectivity index (χ3n) is 8.31. The molecule has 2 amide bonds. The van der Waals surface area contributed by atoms with Crippen molar-refractivity contribution in [2.24, 2.45) is 5.41 Å². The Bertz CT molecular complexity index is 1750. The molecular formula is C33H37N5O5. The summed E-state index contributed by atoms with van der Waals surface area (Å²) in [6.07, 6.45) is 5.40. The monoisotopic (exact) mass is 583 g/mol. The molecule has 4 heterocycles. The first kappa shape index (κ1) is 28.8. The van der Waals surface area contributed by atoms with Gasteiger partial charge in [0.1, 0.15) is 16.8 Å². The number of rotatable bonds is 10. The lowest BCUT2D eigenvalue weighted by atomic mass is 9.90. The topological polar surface area (TPSA) is 110 Å². The third kappa shape index (κ3) is 5.72. The number of amides is 2. The van der Waals surface area contributed by atoms with E-state index in [4.69, 9.17) is 9.15 Å². The summed E-state index contributed by atoms with van der Waals surface area (Å²) in [6.45, 7) is 7.77. The maximum Gasteiger partial charge on any atom is 0.261 e. The molecular weight excluding hydrogens is 546 g/mol. The molecule has 43 heavy (non-hydrogen) atoms. The fourth-order valence-corrected chi connectivity index (χ4v) is 5.70. The maximum absolute atomic E-state index is 13.4. The normalized spacial score (nSPS) is 16.4. The Hall–Kier alpha value is -4.28. The van der Waals surface area contributed by atoms with Crippen LogP contribution < -0.4 is 15.8 Å². The van der Waals surface area contributed by atoms with Crippen LogP contribution in [-0.4, -0.2) is 46.0 Å². The lowest BCUT2D eigenvalue weighted by Crippen LogP contribution is -2.46. The van der Waals surface area contributed by atoms with E-state index >= 15 is 0 Å². The molecule has 6 rings (SSSR count). The highest BCUT2D eigenvalue weighted by Gasteiger charge is 2.47. The number of ether oxygens (including phenoxy) is 1. The molecule has 10 nitrogen and oxygen atoms in total. The van der Waals surface area contributed by atoms with Crippen LogP contribution in [0.15, 0.2) is 64.1 Å². The minimum atomic E-state index is -1.16. The average Bonchev–Trinajstić information content (AvgIpc) is 3.74. The molecule has 1 N–H and O–H groups in total. The quantitative estimate of drug-likeness (QED) is 0.271. The molecule has 4 aromatic rings. The first-order valence-electron chi connectivity index (χ1n) is 14.7. The molecule has 1 aromatic carbocycles. The van der Waals surface area contributed by atoms with E-state index in [1.165, 1.54) is 0 Å². The van der Waals surface area contributed by atoms with Crippen LogP contribution in [0.3, 0.4) is 0 Å². The third-order valence-corrected chi connectivity index (χ3v) is 8.31. The molecule has 0 spiro atoms. The van der Waals surface area contributed by atoms with Crippen molar-refractivity contribution >= 4 is 34.2 Å². The van der Waals surface area contributed by atoms with Crippen LogP contribution in [0.25, 0.3) is 11.0 Å².